The molecule has 0 saturated carbocycles. The number of H-pyrrole nitrogens is 2. The first-order valence-electron chi connectivity index (χ1n) is 5.55. The summed E-state index contributed by atoms with van der Waals surface area (Å²) in [5.74, 6) is 0. The van der Waals surface area contributed by atoms with Gasteiger partial charge in [-0.3, -0.25) is 0 Å². The molecule has 2 N–H and O–H groups in total. The van der Waals surface area contributed by atoms with Crippen molar-refractivity contribution < 1.29 is 16.8 Å². The summed E-state index contributed by atoms with van der Waals surface area (Å²) in [5.41, 5.74) is 4.02. The summed E-state index contributed by atoms with van der Waals surface area (Å²) in [4.78, 5) is 13.6. The van der Waals surface area contributed by atoms with E-state index in [1.54, 1.807) is 0 Å². The van der Waals surface area contributed by atoms with Crippen LogP contribution in [0.2, 0.25) is 0 Å². The van der Waals surface area contributed by atoms with E-state index in [1.807, 2.05) is 48.5 Å². The van der Waals surface area contributed by atoms with Crippen molar-refractivity contribution in [1.82, 2.24) is 19.9 Å². The Kier molecular flexibility index (Phi) is 4.33. The molecule has 0 bridgehead atoms. The van der Waals surface area contributed by atoms with Gasteiger partial charge < -0.3 is 19.9 Å². The van der Waals surface area contributed by atoms with E-state index in [2.05, 4.69) is 32.6 Å². The van der Waals surface area contributed by atoms with Gasteiger partial charge in [0.05, 0.1) is 0 Å². The van der Waals surface area contributed by atoms with E-state index in [0.29, 0.717) is 0 Å². The van der Waals surface area contributed by atoms with Crippen molar-refractivity contribution >= 4 is 22.1 Å². The first-order chi connectivity index (χ1) is 8.93. The molecule has 0 saturated heterocycles. The van der Waals surface area contributed by atoms with Gasteiger partial charge in [0.2, 0.25) is 0 Å². The molecule has 0 aliphatic heterocycles. The van der Waals surface area contributed by atoms with Crippen molar-refractivity contribution in [2.75, 3.05) is 0 Å². The number of fused-ring (bicyclic) bond motifs is 2. The molecule has 4 rings (SSSR count). The van der Waals surface area contributed by atoms with E-state index in [1.165, 1.54) is 0 Å². The van der Waals surface area contributed by atoms with E-state index < -0.39 is 0 Å². The van der Waals surface area contributed by atoms with E-state index in [9.17, 15) is 0 Å². The van der Waals surface area contributed by atoms with E-state index in [-0.39, 0.29) is 16.8 Å². The van der Waals surface area contributed by atoms with Crippen LogP contribution in [0.4, 0.5) is 0 Å². The summed E-state index contributed by atoms with van der Waals surface area (Å²) in [6.45, 7) is 0. The zero-order valence-corrected chi connectivity index (χ0v) is 10.9. The fraction of sp³-hybridized carbons (Fsp3) is 0. The number of rotatable bonds is 0. The van der Waals surface area contributed by atoms with E-state index in [4.69, 9.17) is 0 Å². The molecule has 19 heavy (non-hydrogen) atoms. The molecule has 5 heteroatoms. The van der Waals surface area contributed by atoms with Crippen LogP contribution in [-0.2, 0) is 16.8 Å². The monoisotopic (exact) mass is 293 g/mol. The Labute approximate surface area is 120 Å². The summed E-state index contributed by atoms with van der Waals surface area (Å²) in [5, 5.41) is 0. The Hall–Kier alpha value is -2.11. The number of nitrogens with zero attached hydrogens (tertiary/aromatic N) is 2. The van der Waals surface area contributed by atoms with E-state index >= 15 is 0 Å². The molecule has 0 atom stereocenters. The van der Waals surface area contributed by atoms with Gasteiger partial charge in [0.25, 0.3) is 0 Å². The molecule has 0 fully saturated rings. The van der Waals surface area contributed by atoms with Crippen molar-refractivity contribution in [3.8, 4) is 0 Å². The molecule has 0 spiro atoms. The van der Waals surface area contributed by atoms with Gasteiger partial charge in [-0.25, -0.2) is 0 Å². The van der Waals surface area contributed by atoms with Crippen molar-refractivity contribution in [2.45, 2.75) is 0 Å². The maximum Gasteiger partial charge on any atom is 2.00 e. The number of hydrogen-bond acceptors (Lipinski definition) is 2. The number of benzene rings is 2. The Bertz CT molecular complexity index is 633. The number of aromatic nitrogens is 4. The fourth-order valence-corrected chi connectivity index (χ4v) is 1.65. The normalized spacial score (nSPS) is 9.68. The van der Waals surface area contributed by atoms with Gasteiger partial charge in [-0.05, 0) is 12.7 Å². The molecule has 95 valence electrons. The van der Waals surface area contributed by atoms with Crippen LogP contribution in [0.25, 0.3) is 22.1 Å². The second-order valence-corrected chi connectivity index (χ2v) is 3.73. The number of imidazole rings is 2. The average molecular weight is 293 g/mol. The largest absolute Gasteiger partial charge is 2.00 e. The summed E-state index contributed by atoms with van der Waals surface area (Å²) in [6, 6.07) is 15.7. The molecule has 0 aliphatic rings. The zero-order chi connectivity index (χ0) is 12.2. The molecular weight excluding hydrogens is 283 g/mol. The van der Waals surface area contributed by atoms with Crippen LogP contribution in [0.3, 0.4) is 0 Å². The van der Waals surface area contributed by atoms with Crippen molar-refractivity contribution in [3.63, 3.8) is 0 Å². The minimum atomic E-state index is 0. The first-order valence-corrected chi connectivity index (χ1v) is 5.55. The van der Waals surface area contributed by atoms with Crippen molar-refractivity contribution in [1.29, 1.82) is 0 Å². The second kappa shape index (κ2) is 6.17. The molecular formula is C14H10CoN4. The van der Waals surface area contributed by atoms with Crippen LogP contribution in [0.15, 0.2) is 48.5 Å². The third kappa shape index (κ3) is 3.01. The average Bonchev–Trinajstić information content (AvgIpc) is 3.08. The van der Waals surface area contributed by atoms with Crippen molar-refractivity contribution in [3.05, 3.63) is 61.2 Å². The Balaban J connectivity index is 0.000000133. The summed E-state index contributed by atoms with van der Waals surface area (Å²) in [7, 11) is 0. The second-order valence-electron chi connectivity index (χ2n) is 3.73. The third-order valence-electron chi connectivity index (χ3n) is 2.54. The van der Waals surface area contributed by atoms with Crippen molar-refractivity contribution in [2.24, 2.45) is 0 Å². The van der Waals surface area contributed by atoms with Gasteiger partial charge in [-0.15, -0.1) is 24.3 Å². The smallest absolute Gasteiger partial charge is 0.461 e. The topological polar surface area (TPSA) is 57.4 Å². The SMILES string of the molecule is [Co+2].[c-]1nc2ccccc2[nH]1.[c-]1nc2ccccc2[nH]1. The van der Waals surface area contributed by atoms with Crippen LogP contribution >= 0.6 is 0 Å². The molecule has 0 amide bonds. The molecule has 0 unspecified atom stereocenters. The van der Waals surface area contributed by atoms with Gasteiger partial charge in [0, 0.05) is 0 Å². The van der Waals surface area contributed by atoms with Crippen LogP contribution < -0.4 is 0 Å². The quantitative estimate of drug-likeness (QED) is 0.490. The summed E-state index contributed by atoms with van der Waals surface area (Å²) in [6.07, 6.45) is 5.33. The molecule has 1 radical (unpaired) electrons. The standard InChI is InChI=1S/2C7H5N2.Co/c2*1-2-4-7-6(3-1)8-5-9-7;/h2*1-4H,(H,8,9);/q2*-1;+2. The zero-order valence-electron chi connectivity index (χ0n) is 9.85. The number of hydrogen-bond donors (Lipinski definition) is 2. The van der Waals surface area contributed by atoms with Gasteiger partial charge >= 0.3 is 16.8 Å². The fourth-order valence-electron chi connectivity index (χ4n) is 1.65. The molecule has 4 nitrogen and oxygen atoms in total. The molecule has 0 aliphatic carbocycles. The Morgan fingerprint density at radius 3 is 1.53 bits per heavy atom. The van der Waals surface area contributed by atoms with Crippen LogP contribution in [0.5, 0.6) is 0 Å². The van der Waals surface area contributed by atoms with Crippen LogP contribution in [-0.4, -0.2) is 19.9 Å². The first kappa shape index (κ1) is 13.3. The number of nitrogens with one attached hydrogen (secondary N) is 2. The summed E-state index contributed by atoms with van der Waals surface area (Å²) >= 11 is 0. The van der Waals surface area contributed by atoms with E-state index in [0.717, 1.165) is 22.1 Å². The maximum atomic E-state index is 3.94. The molecule has 2 aromatic heterocycles. The molecule has 2 heterocycles. The predicted molar refractivity (Wildman–Crippen MR) is 69.9 cm³/mol. The minimum absolute atomic E-state index is 0. The minimum Gasteiger partial charge on any atom is -0.461 e. The Morgan fingerprint density at radius 1 is 0.684 bits per heavy atom. The van der Waals surface area contributed by atoms with Gasteiger partial charge in [0.1, 0.15) is 0 Å². The number of para-hydroxylation sites is 4. The molecule has 4 aromatic rings. The Morgan fingerprint density at radius 2 is 1.11 bits per heavy atom. The van der Waals surface area contributed by atoms with Gasteiger partial charge in [0.15, 0.2) is 0 Å². The molecule has 2 aromatic carbocycles. The third-order valence-corrected chi connectivity index (χ3v) is 2.54. The summed E-state index contributed by atoms with van der Waals surface area (Å²) < 4.78 is 0. The predicted octanol–water partition coefficient (Wildman–Crippen LogP) is 2.72. The van der Waals surface area contributed by atoms with Crippen LogP contribution in [0.1, 0.15) is 0 Å². The van der Waals surface area contributed by atoms with Crippen LogP contribution in [0, 0.1) is 12.7 Å². The van der Waals surface area contributed by atoms with Gasteiger partial charge in [-0.2, -0.15) is 0 Å². The van der Waals surface area contributed by atoms with Gasteiger partial charge in [-0.1, -0.05) is 46.3 Å². The number of aromatic amines is 2. The maximum absolute atomic E-state index is 3.94.